The molecule has 0 atom stereocenters. The Morgan fingerprint density at radius 2 is 1.83 bits per heavy atom. The fraction of sp³-hybridized carbons (Fsp3) is 0.267. The number of amides is 4. The van der Waals surface area contributed by atoms with Crippen molar-refractivity contribution < 1.29 is 23.9 Å². The number of methoxy groups -OCH3 is 1. The van der Waals surface area contributed by atoms with Crippen molar-refractivity contribution >= 4 is 39.9 Å². The summed E-state index contributed by atoms with van der Waals surface area (Å²) in [4.78, 5) is 34.5. The third-order valence-corrected chi connectivity index (χ3v) is 3.55. The average molecular weight is 383 g/mol. The Morgan fingerprint density at radius 3 is 2.39 bits per heavy atom. The molecule has 7 nitrogen and oxygen atoms in total. The van der Waals surface area contributed by atoms with E-state index in [4.69, 9.17) is 9.47 Å². The third-order valence-electron chi connectivity index (χ3n) is 2.96. The molecule has 2 rings (SSSR count). The summed E-state index contributed by atoms with van der Waals surface area (Å²) in [7, 11) is 1.50. The van der Waals surface area contributed by atoms with Gasteiger partial charge < -0.3 is 9.47 Å². The van der Waals surface area contributed by atoms with Gasteiger partial charge in [0.15, 0.2) is 11.5 Å². The first-order chi connectivity index (χ1) is 11.0. The number of rotatable bonds is 5. The lowest BCUT2D eigenvalue weighted by Gasteiger charge is -2.15. The smallest absolute Gasteiger partial charge is 0.328 e. The van der Waals surface area contributed by atoms with E-state index >= 15 is 0 Å². The van der Waals surface area contributed by atoms with Crippen LogP contribution in [0.2, 0.25) is 0 Å². The van der Waals surface area contributed by atoms with Crippen LogP contribution >= 0.6 is 15.9 Å². The normalized spacial score (nSPS) is 14.2. The number of ether oxygens (including phenoxy) is 2. The largest absolute Gasteiger partial charge is 0.493 e. The number of hydrogen-bond donors (Lipinski definition) is 2. The predicted octanol–water partition coefficient (Wildman–Crippen LogP) is 2.00. The molecule has 2 N–H and O–H groups in total. The molecule has 4 amide bonds. The van der Waals surface area contributed by atoms with Crippen molar-refractivity contribution in [2.75, 3.05) is 13.7 Å². The van der Waals surface area contributed by atoms with Crippen LogP contribution in [0.3, 0.4) is 0 Å². The van der Waals surface area contributed by atoms with Crippen molar-refractivity contribution in [1.29, 1.82) is 0 Å². The first-order valence-electron chi connectivity index (χ1n) is 6.85. The highest BCUT2D eigenvalue weighted by atomic mass is 79.9. The molecule has 0 aliphatic carbocycles. The van der Waals surface area contributed by atoms with Gasteiger partial charge in [0, 0.05) is 0 Å². The van der Waals surface area contributed by atoms with Crippen molar-refractivity contribution in [3.8, 4) is 11.5 Å². The van der Waals surface area contributed by atoms with Crippen LogP contribution < -0.4 is 20.1 Å². The minimum Gasteiger partial charge on any atom is -0.493 e. The molecule has 1 aliphatic heterocycles. The van der Waals surface area contributed by atoms with Crippen LogP contribution in [-0.2, 0) is 9.59 Å². The number of nitrogens with one attached hydrogen (secondary N) is 2. The summed E-state index contributed by atoms with van der Waals surface area (Å²) < 4.78 is 11.5. The van der Waals surface area contributed by atoms with Crippen molar-refractivity contribution in [3.05, 3.63) is 27.7 Å². The molecule has 1 heterocycles. The summed E-state index contributed by atoms with van der Waals surface area (Å²) >= 11 is 3.38. The standard InChI is InChI=1S/C15H15BrN2O5/c1-3-4-23-12-10(16)6-8(7-11(12)22-2)5-9-13(19)17-15(21)18-14(9)20/h5-7H,3-4H2,1-2H3,(H2,17,18,19,20,21). The van der Waals surface area contributed by atoms with Gasteiger partial charge in [0.05, 0.1) is 18.2 Å². The van der Waals surface area contributed by atoms with Crippen LogP contribution in [0.1, 0.15) is 18.9 Å². The highest BCUT2D eigenvalue weighted by Crippen LogP contribution is 2.37. The number of carbonyl (C=O) groups is 3. The first kappa shape index (κ1) is 17.0. The molecule has 1 saturated heterocycles. The average Bonchev–Trinajstić information content (AvgIpc) is 2.49. The molecular formula is C15H15BrN2O5. The monoisotopic (exact) mass is 382 g/mol. The Balaban J connectivity index is 2.38. The van der Waals surface area contributed by atoms with Crippen molar-refractivity contribution in [1.82, 2.24) is 10.6 Å². The summed E-state index contributed by atoms with van der Waals surface area (Å²) in [6, 6.07) is 2.50. The van der Waals surface area contributed by atoms with Gasteiger partial charge in [-0.1, -0.05) is 6.92 Å². The molecule has 0 radical (unpaired) electrons. The summed E-state index contributed by atoms with van der Waals surface area (Å²) in [5.41, 5.74) is 0.382. The van der Waals surface area contributed by atoms with Gasteiger partial charge in [-0.2, -0.15) is 0 Å². The zero-order chi connectivity index (χ0) is 17.0. The zero-order valence-corrected chi connectivity index (χ0v) is 14.2. The van der Waals surface area contributed by atoms with Gasteiger partial charge in [-0.25, -0.2) is 4.79 Å². The van der Waals surface area contributed by atoms with Crippen molar-refractivity contribution in [3.63, 3.8) is 0 Å². The zero-order valence-electron chi connectivity index (χ0n) is 12.6. The molecule has 122 valence electrons. The minimum atomic E-state index is -0.834. The lowest BCUT2D eigenvalue weighted by molar-refractivity contribution is -0.123. The number of barbiturate groups is 1. The van der Waals surface area contributed by atoms with Crippen LogP contribution in [0.5, 0.6) is 11.5 Å². The number of carbonyl (C=O) groups excluding carboxylic acids is 3. The van der Waals surface area contributed by atoms with Gasteiger partial charge in [-0.3, -0.25) is 20.2 Å². The highest BCUT2D eigenvalue weighted by Gasteiger charge is 2.27. The van der Waals surface area contributed by atoms with Gasteiger partial charge in [0.1, 0.15) is 5.57 Å². The minimum absolute atomic E-state index is 0.166. The highest BCUT2D eigenvalue weighted by molar-refractivity contribution is 9.10. The Labute approximate surface area is 141 Å². The molecule has 1 aliphatic rings. The molecule has 1 fully saturated rings. The Morgan fingerprint density at radius 1 is 1.17 bits per heavy atom. The molecule has 8 heteroatoms. The maximum atomic E-state index is 11.7. The molecule has 1 aromatic rings. The van der Waals surface area contributed by atoms with Gasteiger partial charge in [-0.15, -0.1) is 0 Å². The van der Waals surface area contributed by atoms with E-state index in [9.17, 15) is 14.4 Å². The van der Waals surface area contributed by atoms with Crippen LogP contribution in [0, 0.1) is 0 Å². The number of halogens is 1. The van der Waals surface area contributed by atoms with Gasteiger partial charge >= 0.3 is 6.03 Å². The topological polar surface area (TPSA) is 93.7 Å². The van der Waals surface area contributed by atoms with Gasteiger partial charge in [0.2, 0.25) is 0 Å². The van der Waals surface area contributed by atoms with Crippen molar-refractivity contribution in [2.24, 2.45) is 0 Å². The summed E-state index contributed by atoms with van der Waals surface area (Å²) in [6.07, 6.45) is 2.21. The van der Waals surface area contributed by atoms with E-state index in [0.29, 0.717) is 28.1 Å². The summed E-state index contributed by atoms with van der Waals surface area (Å²) in [5, 5.41) is 4.03. The molecule has 23 heavy (non-hydrogen) atoms. The van der Waals surface area contributed by atoms with Crippen LogP contribution in [-0.4, -0.2) is 31.6 Å². The van der Waals surface area contributed by atoms with E-state index in [1.54, 1.807) is 12.1 Å². The number of imide groups is 2. The first-order valence-corrected chi connectivity index (χ1v) is 7.64. The van der Waals surface area contributed by atoms with E-state index in [-0.39, 0.29) is 5.57 Å². The SMILES string of the molecule is CCCOc1c(Br)cc(C=C2C(=O)NC(=O)NC2=O)cc1OC. The van der Waals surface area contributed by atoms with E-state index in [1.807, 2.05) is 17.6 Å². The Bertz CT molecular complexity index is 677. The third kappa shape index (κ3) is 3.89. The van der Waals surface area contributed by atoms with E-state index in [2.05, 4.69) is 15.9 Å². The van der Waals surface area contributed by atoms with Crippen LogP contribution in [0.4, 0.5) is 4.79 Å². The second kappa shape index (κ2) is 7.28. The fourth-order valence-electron chi connectivity index (χ4n) is 1.94. The Hall–Kier alpha value is -2.35. The molecule has 1 aromatic carbocycles. The summed E-state index contributed by atoms with van der Waals surface area (Å²) in [5.74, 6) is -0.489. The molecular weight excluding hydrogens is 368 g/mol. The summed E-state index contributed by atoms with van der Waals surface area (Å²) in [6.45, 7) is 2.52. The number of hydrogen-bond acceptors (Lipinski definition) is 5. The van der Waals surface area contributed by atoms with Gasteiger partial charge in [0.25, 0.3) is 11.8 Å². The van der Waals surface area contributed by atoms with E-state index < -0.39 is 17.8 Å². The lowest BCUT2D eigenvalue weighted by Crippen LogP contribution is -2.51. The quantitative estimate of drug-likeness (QED) is 0.599. The molecule has 0 saturated carbocycles. The molecule has 0 aromatic heterocycles. The number of benzene rings is 1. The fourth-order valence-corrected chi connectivity index (χ4v) is 2.51. The second-order valence-corrected chi connectivity index (χ2v) is 5.53. The maximum absolute atomic E-state index is 11.7. The molecule has 0 spiro atoms. The van der Waals surface area contributed by atoms with E-state index in [1.165, 1.54) is 13.2 Å². The molecule has 0 unspecified atom stereocenters. The number of urea groups is 1. The van der Waals surface area contributed by atoms with Crippen LogP contribution in [0.25, 0.3) is 6.08 Å². The Kier molecular flexibility index (Phi) is 5.38. The van der Waals surface area contributed by atoms with Crippen molar-refractivity contribution in [2.45, 2.75) is 13.3 Å². The second-order valence-electron chi connectivity index (χ2n) is 4.68. The van der Waals surface area contributed by atoms with Crippen LogP contribution in [0.15, 0.2) is 22.2 Å². The van der Waals surface area contributed by atoms with Gasteiger partial charge in [-0.05, 0) is 46.1 Å². The van der Waals surface area contributed by atoms with E-state index in [0.717, 1.165) is 6.42 Å². The predicted molar refractivity (Wildman–Crippen MR) is 86.1 cm³/mol. The molecule has 0 bridgehead atoms. The maximum Gasteiger partial charge on any atom is 0.328 e. The lowest BCUT2D eigenvalue weighted by atomic mass is 10.1.